The zero-order valence-electron chi connectivity index (χ0n) is 10.7. The van der Waals surface area contributed by atoms with E-state index in [0.29, 0.717) is 5.69 Å². The van der Waals surface area contributed by atoms with Crippen molar-refractivity contribution in [2.75, 3.05) is 0 Å². The molecule has 2 aromatic rings. The lowest BCUT2D eigenvalue weighted by Gasteiger charge is -2.04. The van der Waals surface area contributed by atoms with Crippen molar-refractivity contribution in [1.29, 1.82) is 0 Å². The Morgan fingerprint density at radius 3 is 2.55 bits per heavy atom. The molecule has 1 aromatic carbocycles. The van der Waals surface area contributed by atoms with Gasteiger partial charge in [0.1, 0.15) is 5.69 Å². The molecule has 0 bridgehead atoms. The second-order valence-electron chi connectivity index (χ2n) is 4.41. The quantitative estimate of drug-likeness (QED) is 0.682. The van der Waals surface area contributed by atoms with Crippen molar-refractivity contribution < 1.29 is 14.8 Å². The maximum absolute atomic E-state index is 11.0. The first-order valence-electron chi connectivity index (χ1n) is 5.89. The average molecular weight is 272 g/mol. The number of hydrogen-bond acceptors (Lipinski definition) is 4. The average Bonchev–Trinajstić information content (AvgIpc) is 2.41. The van der Waals surface area contributed by atoms with E-state index in [2.05, 4.69) is 4.98 Å². The highest BCUT2D eigenvalue weighted by molar-refractivity contribution is 5.87. The molecule has 2 rings (SSSR count). The molecule has 20 heavy (non-hydrogen) atoms. The van der Waals surface area contributed by atoms with Gasteiger partial charge in [-0.15, -0.1) is 0 Å². The van der Waals surface area contributed by atoms with Gasteiger partial charge in [0.25, 0.3) is 5.69 Å². The van der Waals surface area contributed by atoms with E-state index in [1.54, 1.807) is 25.3 Å². The van der Waals surface area contributed by atoms with Crippen molar-refractivity contribution >= 4 is 11.7 Å². The molecule has 102 valence electrons. The second kappa shape index (κ2) is 5.48. The summed E-state index contributed by atoms with van der Waals surface area (Å²) in [4.78, 5) is 25.4. The minimum absolute atomic E-state index is 0.0210. The van der Waals surface area contributed by atoms with Crippen LogP contribution < -0.4 is 0 Å². The lowest BCUT2D eigenvalue weighted by atomic mass is 10.1. The van der Waals surface area contributed by atoms with Gasteiger partial charge in [0.05, 0.1) is 10.5 Å². The molecule has 0 atom stereocenters. The Hall–Kier alpha value is -2.76. The molecule has 0 fully saturated rings. The number of nitrogens with zero attached hydrogens (tertiary/aromatic N) is 2. The molecule has 0 radical (unpaired) electrons. The first-order valence-corrected chi connectivity index (χ1v) is 5.89. The summed E-state index contributed by atoms with van der Waals surface area (Å²) in [5, 5.41) is 19.8. The van der Waals surface area contributed by atoms with Crippen LogP contribution in [0.3, 0.4) is 0 Å². The maximum atomic E-state index is 11.0. The van der Waals surface area contributed by atoms with Gasteiger partial charge < -0.3 is 5.11 Å². The number of pyridine rings is 1. The van der Waals surface area contributed by atoms with Gasteiger partial charge in [-0.3, -0.25) is 15.1 Å². The summed E-state index contributed by atoms with van der Waals surface area (Å²) in [5.74, 6) is -1.00. The summed E-state index contributed by atoms with van der Waals surface area (Å²) >= 11 is 0. The van der Waals surface area contributed by atoms with E-state index in [1.807, 2.05) is 0 Å². The first kappa shape index (κ1) is 13.7. The van der Waals surface area contributed by atoms with Gasteiger partial charge >= 0.3 is 5.97 Å². The minimum atomic E-state index is -1.00. The van der Waals surface area contributed by atoms with Crippen LogP contribution in [0.25, 0.3) is 0 Å². The number of benzene rings is 1. The van der Waals surface area contributed by atoms with Crippen molar-refractivity contribution in [1.82, 2.24) is 4.98 Å². The van der Waals surface area contributed by atoms with E-state index in [-0.39, 0.29) is 17.7 Å². The molecule has 1 aromatic heterocycles. The van der Waals surface area contributed by atoms with E-state index in [0.717, 1.165) is 11.1 Å². The third-order valence-corrected chi connectivity index (χ3v) is 2.85. The fourth-order valence-electron chi connectivity index (χ4n) is 1.83. The predicted molar refractivity (Wildman–Crippen MR) is 71.8 cm³/mol. The molecule has 0 saturated carbocycles. The Morgan fingerprint density at radius 2 is 2.00 bits per heavy atom. The van der Waals surface area contributed by atoms with Crippen LogP contribution in [0.2, 0.25) is 0 Å². The highest BCUT2D eigenvalue weighted by Crippen LogP contribution is 2.20. The third kappa shape index (κ3) is 2.97. The largest absolute Gasteiger partial charge is 0.478 e. The Balaban J connectivity index is 2.30. The summed E-state index contributed by atoms with van der Waals surface area (Å²) in [6.45, 7) is 1.74. The molecule has 0 aliphatic rings. The van der Waals surface area contributed by atoms with Gasteiger partial charge in [-0.25, -0.2) is 4.79 Å². The van der Waals surface area contributed by atoms with E-state index in [9.17, 15) is 14.9 Å². The van der Waals surface area contributed by atoms with Crippen molar-refractivity contribution in [3.63, 3.8) is 0 Å². The fraction of sp³-hybridized carbons (Fsp3) is 0.143. The van der Waals surface area contributed by atoms with Crippen LogP contribution in [0, 0.1) is 17.0 Å². The van der Waals surface area contributed by atoms with E-state index < -0.39 is 10.9 Å². The number of aromatic carboxylic acids is 1. The zero-order chi connectivity index (χ0) is 14.7. The summed E-state index contributed by atoms with van der Waals surface area (Å²) in [6, 6.07) is 7.69. The summed E-state index contributed by atoms with van der Waals surface area (Å²) in [7, 11) is 0. The van der Waals surface area contributed by atoms with Gasteiger partial charge in [0, 0.05) is 18.7 Å². The van der Waals surface area contributed by atoms with Gasteiger partial charge in [-0.2, -0.15) is 0 Å². The van der Waals surface area contributed by atoms with Crippen LogP contribution in [0.1, 0.15) is 27.2 Å². The van der Waals surface area contributed by atoms with Crippen LogP contribution in [-0.2, 0) is 6.42 Å². The van der Waals surface area contributed by atoms with Gasteiger partial charge in [0.2, 0.25) is 0 Å². The smallest absolute Gasteiger partial charge is 0.335 e. The lowest BCUT2D eigenvalue weighted by molar-refractivity contribution is -0.385. The Morgan fingerprint density at radius 1 is 1.35 bits per heavy atom. The molecular weight excluding hydrogens is 260 g/mol. The Labute approximate surface area is 114 Å². The van der Waals surface area contributed by atoms with E-state index in [1.165, 1.54) is 18.2 Å². The standard InChI is InChI=1S/C14H12N2O4/c1-9-6-13(16(19)20)12(15-8-9)7-10-2-4-11(5-3-10)14(17)18/h2-6,8H,7H2,1H3,(H,17,18). The van der Waals surface area contributed by atoms with Crippen molar-refractivity contribution in [2.45, 2.75) is 13.3 Å². The van der Waals surface area contributed by atoms with Crippen molar-refractivity contribution in [2.24, 2.45) is 0 Å². The SMILES string of the molecule is Cc1cnc(Cc2ccc(C(=O)O)cc2)c([N+](=O)[O-])c1. The molecule has 6 nitrogen and oxygen atoms in total. The zero-order valence-corrected chi connectivity index (χ0v) is 10.7. The van der Waals surface area contributed by atoms with Crippen molar-refractivity contribution in [3.8, 4) is 0 Å². The first-order chi connectivity index (χ1) is 9.47. The Bertz CT molecular complexity index is 665. The highest BCUT2D eigenvalue weighted by atomic mass is 16.6. The number of aryl methyl sites for hydroxylation is 1. The summed E-state index contributed by atoms with van der Waals surface area (Å²) in [5.41, 5.74) is 2.02. The number of aromatic nitrogens is 1. The van der Waals surface area contributed by atoms with Gasteiger partial charge in [-0.1, -0.05) is 12.1 Å². The Kier molecular flexibility index (Phi) is 3.74. The number of carboxylic acid groups (broad SMARTS) is 1. The number of nitro groups is 1. The molecule has 1 N–H and O–H groups in total. The van der Waals surface area contributed by atoms with Crippen molar-refractivity contribution in [3.05, 3.63) is 69.0 Å². The number of carboxylic acids is 1. The maximum Gasteiger partial charge on any atom is 0.335 e. The molecule has 1 heterocycles. The van der Waals surface area contributed by atoms with E-state index in [4.69, 9.17) is 5.11 Å². The molecule has 0 saturated heterocycles. The highest BCUT2D eigenvalue weighted by Gasteiger charge is 2.15. The molecule has 0 aliphatic heterocycles. The van der Waals surface area contributed by atoms with Crippen LogP contribution in [0.15, 0.2) is 36.5 Å². The van der Waals surface area contributed by atoms with Crippen LogP contribution >= 0.6 is 0 Å². The van der Waals surface area contributed by atoms with Gasteiger partial charge in [-0.05, 0) is 30.2 Å². The molecule has 6 heteroatoms. The molecule has 0 aliphatic carbocycles. The van der Waals surface area contributed by atoms with E-state index >= 15 is 0 Å². The normalized spacial score (nSPS) is 10.2. The monoisotopic (exact) mass is 272 g/mol. The van der Waals surface area contributed by atoms with Crippen LogP contribution in [-0.4, -0.2) is 21.0 Å². The topological polar surface area (TPSA) is 93.3 Å². The number of hydrogen-bond donors (Lipinski definition) is 1. The van der Waals surface area contributed by atoms with Crippen LogP contribution in [0.4, 0.5) is 5.69 Å². The summed E-state index contributed by atoms with van der Waals surface area (Å²) in [6.07, 6.45) is 1.87. The lowest BCUT2D eigenvalue weighted by Crippen LogP contribution is -2.01. The summed E-state index contributed by atoms with van der Waals surface area (Å²) < 4.78 is 0. The second-order valence-corrected chi connectivity index (χ2v) is 4.41. The fourth-order valence-corrected chi connectivity index (χ4v) is 1.83. The molecular formula is C14H12N2O4. The molecule has 0 amide bonds. The third-order valence-electron chi connectivity index (χ3n) is 2.85. The minimum Gasteiger partial charge on any atom is -0.478 e. The molecule has 0 spiro atoms. The van der Waals surface area contributed by atoms with Crippen LogP contribution in [0.5, 0.6) is 0 Å². The van der Waals surface area contributed by atoms with Gasteiger partial charge in [0.15, 0.2) is 0 Å². The predicted octanol–water partition coefficient (Wildman–Crippen LogP) is 2.59. The number of rotatable bonds is 4. The molecule has 0 unspecified atom stereocenters. The number of carbonyl (C=O) groups is 1.